The average molecular weight is 488 g/mol. The fourth-order valence-corrected chi connectivity index (χ4v) is 2.56. The number of nitrogens with zero attached hydrogens (tertiary/aromatic N) is 2. The number of hydrogen-bond acceptors (Lipinski definition) is 2. The summed E-state index contributed by atoms with van der Waals surface area (Å²) in [5.74, 6) is -0.806. The van der Waals surface area contributed by atoms with Crippen LogP contribution in [-0.4, -0.2) is 11.8 Å². The van der Waals surface area contributed by atoms with E-state index in [0.717, 1.165) is 38.8 Å². The van der Waals surface area contributed by atoms with Crippen molar-refractivity contribution in [3.8, 4) is 0 Å². The number of nitrogens with two attached hydrogens (primary N) is 2. The van der Waals surface area contributed by atoms with Crippen LogP contribution in [-0.2, 0) is 13.1 Å². The smallest absolute Gasteiger partial charge is 0.254 e. The Hall–Kier alpha value is -1.80. The summed E-state index contributed by atoms with van der Waals surface area (Å²) in [6.07, 6.45) is 11.7. The number of halogens is 2. The first-order valence-electron chi connectivity index (χ1n) is 8.14. The van der Waals surface area contributed by atoms with Crippen molar-refractivity contribution in [3.63, 3.8) is 0 Å². The normalized spacial score (nSPS) is 9.69. The Morgan fingerprint density at radius 3 is 1.46 bits per heavy atom. The van der Waals surface area contributed by atoms with E-state index in [2.05, 4.69) is 0 Å². The summed E-state index contributed by atoms with van der Waals surface area (Å²) in [5.41, 5.74) is 11.6. The third-order valence-corrected chi connectivity index (χ3v) is 3.87. The van der Waals surface area contributed by atoms with Crippen molar-refractivity contribution in [2.24, 2.45) is 11.5 Å². The molecule has 26 heavy (non-hydrogen) atoms. The Labute approximate surface area is 174 Å². The zero-order valence-electron chi connectivity index (χ0n) is 14.5. The van der Waals surface area contributed by atoms with Crippen LogP contribution in [0.4, 0.5) is 0 Å². The molecule has 0 unspecified atom stereocenters. The third kappa shape index (κ3) is 8.05. The summed E-state index contributed by atoms with van der Waals surface area (Å²) in [6.45, 7) is 1.73. The summed E-state index contributed by atoms with van der Waals surface area (Å²) in [6, 6.07) is 7.11. The van der Waals surface area contributed by atoms with Crippen molar-refractivity contribution < 1.29 is 52.7 Å². The van der Waals surface area contributed by atoms with Gasteiger partial charge in [0.15, 0.2) is 24.8 Å². The van der Waals surface area contributed by atoms with Gasteiger partial charge in [-0.2, -0.15) is 0 Å². The highest BCUT2D eigenvalue weighted by Gasteiger charge is 2.08. The quantitative estimate of drug-likeness (QED) is 0.273. The predicted molar refractivity (Wildman–Crippen MR) is 88.8 cm³/mol. The largest absolute Gasteiger partial charge is 1.00 e. The molecular formula is C18H24Br2N4O2. The molecule has 0 radical (unpaired) electrons. The van der Waals surface area contributed by atoms with E-state index < -0.39 is 11.8 Å². The van der Waals surface area contributed by atoms with Gasteiger partial charge in [0, 0.05) is 25.0 Å². The maximum atomic E-state index is 11.1. The number of hydrogen-bond donors (Lipinski definition) is 2. The van der Waals surface area contributed by atoms with Crippen molar-refractivity contribution in [3.05, 3.63) is 60.2 Å². The highest BCUT2D eigenvalue weighted by atomic mass is 79.9. The van der Waals surface area contributed by atoms with Gasteiger partial charge >= 0.3 is 0 Å². The molecule has 6 nitrogen and oxygen atoms in total. The van der Waals surface area contributed by atoms with Crippen LogP contribution in [0.1, 0.15) is 46.4 Å². The van der Waals surface area contributed by atoms with E-state index in [4.69, 9.17) is 11.5 Å². The predicted octanol–water partition coefficient (Wildman–Crippen LogP) is -5.27. The van der Waals surface area contributed by atoms with Crippen LogP contribution in [0, 0.1) is 0 Å². The molecule has 2 aromatic rings. The number of carbonyl (C=O) groups excluding carboxylic acids is 2. The molecule has 2 amide bonds. The van der Waals surface area contributed by atoms with Gasteiger partial charge in [-0.3, -0.25) is 9.59 Å². The third-order valence-electron chi connectivity index (χ3n) is 3.87. The summed E-state index contributed by atoms with van der Waals surface area (Å²) in [7, 11) is 0. The molecule has 8 heteroatoms. The molecule has 0 saturated carbocycles. The van der Waals surface area contributed by atoms with Gasteiger partial charge in [0.05, 0.1) is 0 Å². The number of pyridine rings is 2. The lowest BCUT2D eigenvalue weighted by molar-refractivity contribution is -0.699. The lowest BCUT2D eigenvalue weighted by Crippen LogP contribution is -3.00. The van der Waals surface area contributed by atoms with E-state index in [0.29, 0.717) is 11.1 Å². The Morgan fingerprint density at radius 1 is 0.731 bits per heavy atom. The van der Waals surface area contributed by atoms with E-state index >= 15 is 0 Å². The molecular weight excluding hydrogens is 464 g/mol. The van der Waals surface area contributed by atoms with Crippen LogP contribution in [0.25, 0.3) is 0 Å². The molecule has 2 heterocycles. The summed E-state index contributed by atoms with van der Waals surface area (Å²) in [4.78, 5) is 22.3. The number of unbranched alkanes of at least 4 members (excludes halogenated alkanes) is 3. The molecule has 0 fully saturated rings. The SMILES string of the molecule is NC(=O)c1ccc[n+](CCCCCC[n+]2cccc(C(N)=O)c2)c1.[Br-].[Br-]. The minimum atomic E-state index is -0.403. The average Bonchev–Trinajstić information content (AvgIpc) is 2.58. The molecule has 0 spiro atoms. The van der Waals surface area contributed by atoms with Crippen molar-refractivity contribution in [1.82, 2.24) is 0 Å². The summed E-state index contributed by atoms with van der Waals surface area (Å²) in [5, 5.41) is 0. The first kappa shape index (κ1) is 24.2. The molecule has 2 rings (SSSR count). The molecule has 0 aliphatic heterocycles. The van der Waals surface area contributed by atoms with Gasteiger partial charge in [-0.25, -0.2) is 9.13 Å². The van der Waals surface area contributed by atoms with Crippen LogP contribution in [0.3, 0.4) is 0 Å². The monoisotopic (exact) mass is 486 g/mol. The van der Waals surface area contributed by atoms with Crippen LogP contribution >= 0.6 is 0 Å². The molecule has 142 valence electrons. The first-order valence-corrected chi connectivity index (χ1v) is 8.14. The second kappa shape index (κ2) is 12.5. The van der Waals surface area contributed by atoms with Crippen LogP contribution in [0.5, 0.6) is 0 Å². The minimum Gasteiger partial charge on any atom is -1.00 e. The first-order chi connectivity index (χ1) is 11.6. The van der Waals surface area contributed by atoms with Crippen molar-refractivity contribution in [2.75, 3.05) is 0 Å². The van der Waals surface area contributed by atoms with Gasteiger partial charge in [0.25, 0.3) is 11.8 Å². The van der Waals surface area contributed by atoms with E-state index in [1.54, 1.807) is 24.5 Å². The Kier molecular flexibility index (Phi) is 11.7. The summed E-state index contributed by atoms with van der Waals surface area (Å²) < 4.78 is 3.98. The van der Waals surface area contributed by atoms with E-state index in [1.165, 1.54) is 0 Å². The van der Waals surface area contributed by atoms with Gasteiger partial charge in [-0.1, -0.05) is 0 Å². The second-order valence-corrected chi connectivity index (χ2v) is 5.80. The molecule has 4 N–H and O–H groups in total. The Balaban J connectivity index is 0.00000312. The van der Waals surface area contributed by atoms with Crippen molar-refractivity contribution in [1.29, 1.82) is 0 Å². The molecule has 0 saturated heterocycles. The fourth-order valence-electron chi connectivity index (χ4n) is 2.56. The van der Waals surface area contributed by atoms with Crippen molar-refractivity contribution in [2.45, 2.75) is 38.8 Å². The number of rotatable bonds is 9. The molecule has 0 atom stereocenters. The Bertz CT molecular complexity index is 664. The minimum absolute atomic E-state index is 0. The zero-order chi connectivity index (χ0) is 17.4. The van der Waals surface area contributed by atoms with Gasteiger partial charge in [-0.15, -0.1) is 0 Å². The number of primary amides is 2. The van der Waals surface area contributed by atoms with Crippen LogP contribution < -0.4 is 54.6 Å². The van der Waals surface area contributed by atoms with Gasteiger partial charge in [0.1, 0.15) is 24.2 Å². The van der Waals surface area contributed by atoms with Gasteiger partial charge < -0.3 is 45.4 Å². The van der Waals surface area contributed by atoms with E-state index in [1.807, 2.05) is 33.7 Å². The Morgan fingerprint density at radius 2 is 1.12 bits per heavy atom. The molecule has 0 aliphatic rings. The zero-order valence-corrected chi connectivity index (χ0v) is 17.7. The van der Waals surface area contributed by atoms with E-state index in [-0.39, 0.29) is 34.0 Å². The van der Waals surface area contributed by atoms with Crippen molar-refractivity contribution >= 4 is 11.8 Å². The van der Waals surface area contributed by atoms with Crippen LogP contribution in [0.2, 0.25) is 0 Å². The lowest BCUT2D eigenvalue weighted by Gasteiger charge is -2.00. The lowest BCUT2D eigenvalue weighted by atomic mass is 10.2. The molecule has 0 aliphatic carbocycles. The molecule has 2 aromatic heterocycles. The van der Waals surface area contributed by atoms with Gasteiger partial charge in [0.2, 0.25) is 0 Å². The van der Waals surface area contributed by atoms with E-state index in [9.17, 15) is 9.59 Å². The molecule has 0 aromatic carbocycles. The maximum absolute atomic E-state index is 11.1. The highest BCUT2D eigenvalue weighted by molar-refractivity contribution is 5.92. The fraction of sp³-hybridized carbons (Fsp3) is 0.333. The highest BCUT2D eigenvalue weighted by Crippen LogP contribution is 2.01. The number of carbonyl (C=O) groups is 2. The topological polar surface area (TPSA) is 93.9 Å². The standard InChI is InChI=1S/C18H22N4O2.2BrH/c19-17(23)15-7-5-11-21(13-15)9-3-1-2-4-10-22-12-6-8-16(14-22)18(20)24;;/h5-8,11-14H,1-4,9-10H2,(H2-2,19,20,23,24);2*1H. The maximum Gasteiger partial charge on any atom is 0.254 e. The summed E-state index contributed by atoms with van der Waals surface area (Å²) >= 11 is 0. The molecule has 0 bridgehead atoms. The number of amides is 2. The number of aryl methyl sites for hydroxylation is 2. The van der Waals surface area contributed by atoms with Crippen LogP contribution in [0.15, 0.2) is 49.1 Å². The number of aromatic nitrogens is 2. The van der Waals surface area contributed by atoms with Gasteiger partial charge in [-0.05, 0) is 25.0 Å². The second-order valence-electron chi connectivity index (χ2n) is 5.80.